The molecule has 0 N–H and O–H groups in total. The van der Waals surface area contributed by atoms with E-state index < -0.39 is 0 Å². The van der Waals surface area contributed by atoms with Gasteiger partial charge in [-0.05, 0) is 47.5 Å². The van der Waals surface area contributed by atoms with Crippen LogP contribution in [0.25, 0.3) is 72.8 Å². The zero-order chi connectivity index (χ0) is 30.2. The lowest BCUT2D eigenvalue weighted by atomic mass is 10.0. The summed E-state index contributed by atoms with van der Waals surface area (Å²) in [6.07, 6.45) is 0. The Morgan fingerprint density at radius 3 is 1.64 bits per heavy atom. The lowest BCUT2D eigenvalue weighted by molar-refractivity contribution is 1.06. The molecule has 2 aromatic heterocycles. The number of benzene rings is 6. The van der Waals surface area contributed by atoms with E-state index in [0.717, 1.165) is 55.3 Å². The fraction of sp³-hybridized carbons (Fsp3) is 0. The van der Waals surface area contributed by atoms with Gasteiger partial charge in [-0.1, -0.05) is 115 Å². The molecule has 0 spiro atoms. The Kier molecular flexibility index (Phi) is 6.44. The molecule has 0 saturated carbocycles. The zero-order valence-corrected chi connectivity index (χ0v) is 24.2. The van der Waals surface area contributed by atoms with Crippen molar-refractivity contribution in [2.75, 3.05) is 0 Å². The number of fused-ring (bicyclic) bond motifs is 3. The maximum atomic E-state index is 10.00. The lowest BCUT2D eigenvalue weighted by Gasteiger charge is -2.15. The van der Waals surface area contributed by atoms with Crippen LogP contribution in [0.2, 0.25) is 0 Å². The van der Waals surface area contributed by atoms with Crippen molar-refractivity contribution < 1.29 is 0 Å². The number of hydrogen-bond donors (Lipinski definition) is 0. The molecule has 0 bridgehead atoms. The second-order valence-electron chi connectivity index (χ2n) is 10.8. The van der Waals surface area contributed by atoms with E-state index in [1.807, 2.05) is 91.0 Å². The second kappa shape index (κ2) is 11.0. The molecule has 6 aromatic carbocycles. The van der Waals surface area contributed by atoms with Gasteiger partial charge in [0, 0.05) is 27.5 Å². The minimum Gasteiger partial charge on any atom is -0.308 e. The van der Waals surface area contributed by atoms with Crippen molar-refractivity contribution in [1.82, 2.24) is 19.5 Å². The lowest BCUT2D eigenvalue weighted by Crippen LogP contribution is -2.04. The third-order valence-corrected chi connectivity index (χ3v) is 8.09. The molecule has 0 atom stereocenters. The third-order valence-electron chi connectivity index (χ3n) is 8.09. The summed E-state index contributed by atoms with van der Waals surface area (Å²) in [6.45, 7) is 0. The Morgan fingerprint density at radius 2 is 1.00 bits per heavy atom. The summed E-state index contributed by atoms with van der Waals surface area (Å²) >= 11 is 0. The van der Waals surface area contributed by atoms with E-state index >= 15 is 0 Å². The minimum absolute atomic E-state index is 0.536. The molecular weight excluding hydrogens is 550 g/mol. The van der Waals surface area contributed by atoms with Crippen molar-refractivity contribution in [3.8, 4) is 57.0 Å². The van der Waals surface area contributed by atoms with Crippen LogP contribution in [0.1, 0.15) is 5.56 Å². The van der Waals surface area contributed by atoms with Gasteiger partial charge in [-0.3, -0.25) is 0 Å². The standard InChI is InChI=1S/C40H25N5/c41-26-27-20-22-33(40-43-38(29-14-6-2-7-15-29)42-39(44-40)30-16-8-3-9-17-30)37(24-27)45-35-19-11-10-18-32(35)34-25-31(21-23-36(34)45)28-12-4-1-5-13-28/h1-25H. The highest BCUT2D eigenvalue weighted by Crippen LogP contribution is 2.38. The van der Waals surface area contributed by atoms with Gasteiger partial charge >= 0.3 is 0 Å². The van der Waals surface area contributed by atoms with Gasteiger partial charge in [-0.25, -0.2) is 15.0 Å². The molecule has 45 heavy (non-hydrogen) atoms. The van der Waals surface area contributed by atoms with Gasteiger partial charge in [0.15, 0.2) is 17.5 Å². The molecule has 0 unspecified atom stereocenters. The van der Waals surface area contributed by atoms with Gasteiger partial charge in [0.2, 0.25) is 0 Å². The van der Waals surface area contributed by atoms with E-state index in [2.05, 4.69) is 71.3 Å². The van der Waals surface area contributed by atoms with Crippen LogP contribution in [0.5, 0.6) is 0 Å². The molecule has 0 aliphatic heterocycles. The Balaban J connectivity index is 1.41. The Labute approximate surface area is 260 Å². The van der Waals surface area contributed by atoms with Crippen molar-refractivity contribution in [2.45, 2.75) is 0 Å². The number of para-hydroxylation sites is 1. The first-order chi connectivity index (χ1) is 22.3. The molecule has 0 aliphatic rings. The van der Waals surface area contributed by atoms with Crippen LogP contribution in [0.15, 0.2) is 152 Å². The number of aromatic nitrogens is 4. The summed E-state index contributed by atoms with van der Waals surface area (Å²) in [4.78, 5) is 14.9. The first-order valence-corrected chi connectivity index (χ1v) is 14.8. The SMILES string of the molecule is N#Cc1ccc(-c2nc(-c3ccccc3)nc(-c3ccccc3)n2)c(-n2c3ccccc3c3cc(-c4ccccc4)ccc32)c1. The van der Waals surface area contributed by atoms with Gasteiger partial charge in [-0.15, -0.1) is 0 Å². The molecule has 0 aliphatic carbocycles. The molecule has 0 radical (unpaired) electrons. The number of hydrogen-bond acceptors (Lipinski definition) is 4. The van der Waals surface area contributed by atoms with Crippen LogP contribution >= 0.6 is 0 Å². The summed E-state index contributed by atoms with van der Waals surface area (Å²) < 4.78 is 2.23. The van der Waals surface area contributed by atoms with Gasteiger partial charge in [0.1, 0.15) is 0 Å². The molecule has 5 heteroatoms. The van der Waals surface area contributed by atoms with Crippen LogP contribution in [0.3, 0.4) is 0 Å². The molecule has 0 amide bonds. The predicted octanol–water partition coefficient (Wildman–Crippen LogP) is 9.51. The molecule has 5 nitrogen and oxygen atoms in total. The van der Waals surface area contributed by atoms with Crippen molar-refractivity contribution >= 4 is 21.8 Å². The summed E-state index contributed by atoms with van der Waals surface area (Å²) in [5.41, 5.74) is 8.38. The molecular formula is C40H25N5. The average Bonchev–Trinajstić information content (AvgIpc) is 3.46. The van der Waals surface area contributed by atoms with Gasteiger partial charge in [0.05, 0.1) is 28.4 Å². The van der Waals surface area contributed by atoms with Crippen LogP contribution in [-0.2, 0) is 0 Å². The van der Waals surface area contributed by atoms with Crippen LogP contribution in [0, 0.1) is 11.3 Å². The summed E-state index contributed by atoms with van der Waals surface area (Å²) in [5, 5.41) is 12.3. The summed E-state index contributed by atoms with van der Waals surface area (Å²) in [6, 6.07) is 53.3. The highest BCUT2D eigenvalue weighted by atomic mass is 15.1. The first-order valence-electron chi connectivity index (χ1n) is 14.8. The van der Waals surface area contributed by atoms with E-state index in [1.54, 1.807) is 0 Å². The Bertz CT molecular complexity index is 2310. The Hall–Kier alpha value is -6.38. The Morgan fingerprint density at radius 1 is 0.444 bits per heavy atom. The number of nitriles is 1. The van der Waals surface area contributed by atoms with E-state index in [-0.39, 0.29) is 0 Å². The topological polar surface area (TPSA) is 67.4 Å². The van der Waals surface area contributed by atoms with Crippen LogP contribution in [-0.4, -0.2) is 19.5 Å². The maximum Gasteiger partial charge on any atom is 0.166 e. The zero-order valence-electron chi connectivity index (χ0n) is 24.2. The van der Waals surface area contributed by atoms with Crippen molar-refractivity contribution in [3.05, 3.63) is 157 Å². The molecule has 0 fully saturated rings. The number of nitrogens with zero attached hydrogens (tertiary/aromatic N) is 5. The highest BCUT2D eigenvalue weighted by Gasteiger charge is 2.20. The third kappa shape index (κ3) is 4.71. The normalized spacial score (nSPS) is 11.1. The predicted molar refractivity (Wildman–Crippen MR) is 181 cm³/mol. The van der Waals surface area contributed by atoms with E-state index in [9.17, 15) is 5.26 Å². The molecule has 8 aromatic rings. The van der Waals surface area contributed by atoms with Gasteiger partial charge < -0.3 is 4.57 Å². The van der Waals surface area contributed by atoms with Crippen molar-refractivity contribution in [3.63, 3.8) is 0 Å². The molecule has 2 heterocycles. The summed E-state index contributed by atoms with van der Waals surface area (Å²) in [7, 11) is 0. The first kappa shape index (κ1) is 26.3. The van der Waals surface area contributed by atoms with Crippen LogP contribution < -0.4 is 0 Å². The maximum absolute atomic E-state index is 10.00. The second-order valence-corrected chi connectivity index (χ2v) is 10.8. The number of rotatable bonds is 5. The fourth-order valence-corrected chi connectivity index (χ4v) is 5.95. The molecule has 0 saturated heterocycles. The highest BCUT2D eigenvalue weighted by molar-refractivity contribution is 6.11. The van der Waals surface area contributed by atoms with E-state index in [1.165, 1.54) is 0 Å². The van der Waals surface area contributed by atoms with E-state index in [0.29, 0.717) is 23.0 Å². The van der Waals surface area contributed by atoms with Crippen molar-refractivity contribution in [1.29, 1.82) is 5.26 Å². The minimum atomic E-state index is 0.536. The monoisotopic (exact) mass is 575 g/mol. The average molecular weight is 576 g/mol. The smallest absolute Gasteiger partial charge is 0.166 e. The quantitative estimate of drug-likeness (QED) is 0.205. The molecule has 8 rings (SSSR count). The summed E-state index contributed by atoms with van der Waals surface area (Å²) in [5.74, 6) is 1.71. The van der Waals surface area contributed by atoms with Gasteiger partial charge in [-0.2, -0.15) is 5.26 Å². The fourth-order valence-electron chi connectivity index (χ4n) is 5.95. The van der Waals surface area contributed by atoms with Crippen molar-refractivity contribution in [2.24, 2.45) is 0 Å². The van der Waals surface area contributed by atoms with Crippen LogP contribution in [0.4, 0.5) is 0 Å². The van der Waals surface area contributed by atoms with E-state index in [4.69, 9.17) is 15.0 Å². The largest absolute Gasteiger partial charge is 0.308 e. The van der Waals surface area contributed by atoms with Gasteiger partial charge in [0.25, 0.3) is 0 Å². The molecule has 210 valence electrons.